The number of ether oxygens (including phenoxy) is 1. The molecule has 6 aromatic rings. The lowest BCUT2D eigenvalue weighted by molar-refractivity contribution is -0.121. The van der Waals surface area contributed by atoms with E-state index in [1.54, 1.807) is 30.1 Å². The normalized spacial score (nSPS) is 14.5. The van der Waals surface area contributed by atoms with Crippen molar-refractivity contribution in [1.82, 2.24) is 20.0 Å². The van der Waals surface area contributed by atoms with Gasteiger partial charge in [0, 0.05) is 36.7 Å². The van der Waals surface area contributed by atoms with E-state index in [2.05, 4.69) is 53.1 Å². The topological polar surface area (TPSA) is 129 Å². The van der Waals surface area contributed by atoms with Crippen LogP contribution in [0.1, 0.15) is 66.2 Å². The summed E-state index contributed by atoms with van der Waals surface area (Å²) in [6.45, 7) is 6.19. The van der Waals surface area contributed by atoms with Crippen LogP contribution < -0.4 is 10.6 Å². The van der Waals surface area contributed by atoms with Crippen LogP contribution in [0, 0.1) is 17.2 Å². The van der Waals surface area contributed by atoms with E-state index >= 15 is 0 Å². The number of fused-ring (bicyclic) bond motifs is 1. The standard InChI is InChI=1S/C46H44N6O4/c1-45(2,3)56-44(55)51-26-14-15-34(30-51)43(54)49-41-39-27-31(38-28-32(42(53)48-4)22-23-33(38)29-47)24-25-40(39)52(50-41)46(35-16-8-5-9-17-35,36-18-10-6-11-19-36)37-20-12-7-13-21-37/h5-13,16-25,27-28,34H,14-15,26,30H2,1-4H3,(H,48,53)(H,49,50,54)/t34-/m1/s1. The number of nitrogens with zero attached hydrogens (tertiary/aromatic N) is 4. The summed E-state index contributed by atoms with van der Waals surface area (Å²) >= 11 is 0. The van der Waals surface area contributed by atoms with Crippen LogP contribution in [0.15, 0.2) is 127 Å². The highest BCUT2D eigenvalue weighted by atomic mass is 16.6. The fraction of sp³-hybridized carbons (Fsp3) is 0.239. The molecule has 1 aliphatic rings. The zero-order valence-corrected chi connectivity index (χ0v) is 32.0. The van der Waals surface area contributed by atoms with Crippen molar-refractivity contribution in [3.8, 4) is 17.2 Å². The third-order valence-corrected chi connectivity index (χ3v) is 10.2. The van der Waals surface area contributed by atoms with Gasteiger partial charge in [0.25, 0.3) is 5.91 Å². The van der Waals surface area contributed by atoms with E-state index in [1.807, 2.05) is 98.2 Å². The Labute approximate surface area is 326 Å². The fourth-order valence-corrected chi connectivity index (χ4v) is 7.61. The van der Waals surface area contributed by atoms with Crippen molar-refractivity contribution in [2.24, 2.45) is 5.92 Å². The molecule has 0 unspecified atom stereocenters. The number of likely N-dealkylation sites (tertiary alicyclic amines) is 1. The third-order valence-electron chi connectivity index (χ3n) is 10.2. The summed E-state index contributed by atoms with van der Waals surface area (Å²) in [6.07, 6.45) is 0.795. The molecule has 1 atom stereocenters. The molecule has 10 heteroatoms. The molecule has 1 aromatic heterocycles. The number of carbonyl (C=O) groups excluding carboxylic acids is 3. The van der Waals surface area contributed by atoms with Gasteiger partial charge in [0.15, 0.2) is 5.82 Å². The Kier molecular flexibility index (Phi) is 10.4. The quantitative estimate of drug-likeness (QED) is 0.151. The molecule has 10 nitrogen and oxygen atoms in total. The Bertz CT molecular complexity index is 2330. The molecule has 5 aromatic carbocycles. The summed E-state index contributed by atoms with van der Waals surface area (Å²) in [5.41, 5.74) is 3.97. The van der Waals surface area contributed by atoms with E-state index in [0.717, 1.165) is 22.2 Å². The van der Waals surface area contributed by atoms with E-state index < -0.39 is 23.2 Å². The lowest BCUT2D eigenvalue weighted by atomic mass is 9.77. The number of rotatable bonds is 8. The van der Waals surface area contributed by atoms with Gasteiger partial charge in [0.2, 0.25) is 5.91 Å². The molecule has 282 valence electrons. The zero-order valence-electron chi connectivity index (χ0n) is 32.0. The average molecular weight is 745 g/mol. The number of hydrogen-bond acceptors (Lipinski definition) is 6. The monoisotopic (exact) mass is 744 g/mol. The lowest BCUT2D eigenvalue weighted by Crippen LogP contribution is -2.45. The maximum atomic E-state index is 14.3. The van der Waals surface area contributed by atoms with E-state index in [4.69, 9.17) is 9.84 Å². The first kappa shape index (κ1) is 37.6. The van der Waals surface area contributed by atoms with Crippen LogP contribution in [0.5, 0.6) is 0 Å². The minimum Gasteiger partial charge on any atom is -0.444 e. The molecular formula is C46H44N6O4. The van der Waals surface area contributed by atoms with Crippen LogP contribution in [0.3, 0.4) is 0 Å². The molecule has 2 N–H and O–H groups in total. The van der Waals surface area contributed by atoms with Crippen LogP contribution in [-0.4, -0.2) is 58.3 Å². The number of carbonyl (C=O) groups is 3. The Morgan fingerprint density at radius 2 is 1.43 bits per heavy atom. The Hall–Kier alpha value is -6.73. The van der Waals surface area contributed by atoms with Crippen LogP contribution in [0.2, 0.25) is 0 Å². The molecule has 0 radical (unpaired) electrons. The summed E-state index contributed by atoms with van der Waals surface area (Å²) in [5, 5.41) is 21.9. The number of nitriles is 1. The van der Waals surface area contributed by atoms with E-state index in [0.29, 0.717) is 52.8 Å². The average Bonchev–Trinajstić information content (AvgIpc) is 3.58. The summed E-state index contributed by atoms with van der Waals surface area (Å²) in [5.74, 6) is -0.714. The van der Waals surface area contributed by atoms with E-state index in [1.165, 1.54) is 0 Å². The van der Waals surface area contributed by atoms with Gasteiger partial charge in [-0.2, -0.15) is 10.4 Å². The molecule has 1 fully saturated rings. The van der Waals surface area contributed by atoms with Crippen molar-refractivity contribution in [1.29, 1.82) is 5.26 Å². The first-order valence-corrected chi connectivity index (χ1v) is 18.8. The second-order valence-corrected chi connectivity index (χ2v) is 15.0. The maximum Gasteiger partial charge on any atom is 0.410 e. The molecular weight excluding hydrogens is 701 g/mol. The van der Waals surface area contributed by atoms with Gasteiger partial charge >= 0.3 is 6.09 Å². The number of hydrogen-bond donors (Lipinski definition) is 2. The van der Waals surface area contributed by atoms with Gasteiger partial charge < -0.3 is 20.3 Å². The number of benzene rings is 5. The van der Waals surface area contributed by atoms with Crippen LogP contribution >= 0.6 is 0 Å². The van der Waals surface area contributed by atoms with Gasteiger partial charge in [-0.1, -0.05) is 97.1 Å². The molecule has 56 heavy (non-hydrogen) atoms. The zero-order chi connectivity index (χ0) is 39.5. The molecule has 7 rings (SSSR count). The van der Waals surface area contributed by atoms with Gasteiger partial charge in [-0.05, 0) is 86.2 Å². The summed E-state index contributed by atoms with van der Waals surface area (Å²) < 4.78 is 7.62. The van der Waals surface area contributed by atoms with Crippen molar-refractivity contribution in [3.05, 3.63) is 155 Å². The summed E-state index contributed by atoms with van der Waals surface area (Å²) in [4.78, 5) is 41.7. The van der Waals surface area contributed by atoms with Gasteiger partial charge in [-0.25, -0.2) is 9.48 Å². The molecule has 1 aliphatic heterocycles. The van der Waals surface area contributed by atoms with Gasteiger partial charge in [-0.15, -0.1) is 0 Å². The van der Waals surface area contributed by atoms with Crippen molar-refractivity contribution in [2.45, 2.75) is 44.8 Å². The largest absolute Gasteiger partial charge is 0.444 e. The Balaban J connectivity index is 1.44. The smallest absolute Gasteiger partial charge is 0.410 e. The molecule has 2 heterocycles. The number of piperidine rings is 1. The number of amides is 3. The van der Waals surface area contributed by atoms with Crippen molar-refractivity contribution < 1.29 is 19.1 Å². The third kappa shape index (κ3) is 7.23. The summed E-state index contributed by atoms with van der Waals surface area (Å²) in [6, 6.07) is 43.5. The minimum atomic E-state index is -0.998. The minimum absolute atomic E-state index is 0.213. The van der Waals surface area contributed by atoms with Crippen LogP contribution in [0.4, 0.5) is 10.6 Å². The first-order valence-electron chi connectivity index (χ1n) is 18.8. The Morgan fingerprint density at radius 1 is 0.821 bits per heavy atom. The van der Waals surface area contributed by atoms with Gasteiger partial charge in [0.1, 0.15) is 11.1 Å². The molecule has 1 saturated heterocycles. The second-order valence-electron chi connectivity index (χ2n) is 15.0. The highest BCUT2D eigenvalue weighted by molar-refractivity contribution is 6.03. The predicted octanol–water partition coefficient (Wildman–Crippen LogP) is 8.36. The molecule has 0 bridgehead atoms. The van der Waals surface area contributed by atoms with Crippen LogP contribution in [0.25, 0.3) is 22.0 Å². The highest BCUT2D eigenvalue weighted by Gasteiger charge is 2.41. The van der Waals surface area contributed by atoms with Crippen molar-refractivity contribution >= 4 is 34.6 Å². The van der Waals surface area contributed by atoms with Crippen LogP contribution in [-0.2, 0) is 15.1 Å². The lowest BCUT2D eigenvalue weighted by Gasteiger charge is -2.37. The van der Waals surface area contributed by atoms with Crippen molar-refractivity contribution in [2.75, 3.05) is 25.5 Å². The SMILES string of the molecule is CNC(=O)c1ccc(C#N)c(-c2ccc3c(c2)c(NC(=O)[C@@H]2CCCN(C(=O)OC(C)(C)C)C2)nn3C(c2ccccc2)(c2ccccc2)c2ccccc2)c1. The molecule has 0 spiro atoms. The molecule has 3 amide bonds. The fourth-order valence-electron chi connectivity index (χ4n) is 7.61. The molecule has 0 saturated carbocycles. The van der Waals surface area contributed by atoms with Gasteiger partial charge in [0.05, 0.1) is 23.1 Å². The predicted molar refractivity (Wildman–Crippen MR) is 217 cm³/mol. The second kappa shape index (κ2) is 15.6. The number of nitrogens with one attached hydrogen (secondary N) is 2. The van der Waals surface area contributed by atoms with E-state index in [9.17, 15) is 19.6 Å². The highest BCUT2D eigenvalue weighted by Crippen LogP contribution is 2.44. The van der Waals surface area contributed by atoms with Crippen molar-refractivity contribution in [3.63, 3.8) is 0 Å². The molecule has 0 aliphatic carbocycles. The number of anilines is 1. The Morgan fingerprint density at radius 3 is 1.98 bits per heavy atom. The van der Waals surface area contributed by atoms with E-state index in [-0.39, 0.29) is 18.4 Å². The first-order chi connectivity index (χ1) is 27.0. The maximum absolute atomic E-state index is 14.3. The number of aromatic nitrogens is 2. The summed E-state index contributed by atoms with van der Waals surface area (Å²) in [7, 11) is 1.56. The van der Waals surface area contributed by atoms with Gasteiger partial charge in [-0.3, -0.25) is 9.59 Å².